The standard InChI is InChI=1S/C19H16BrClN2O3/c1-3-26-18-10-16(21)12(9-17(18)25-2)8-13(11-22)19(24)23-15-6-4-14(20)5-7-15/h4-10H,3H2,1-2H3,(H,23,24)/b13-8+. The summed E-state index contributed by atoms with van der Waals surface area (Å²) >= 11 is 9.57. The van der Waals surface area contributed by atoms with Crippen LogP contribution in [0.4, 0.5) is 5.69 Å². The van der Waals surface area contributed by atoms with Crippen molar-refractivity contribution in [2.24, 2.45) is 0 Å². The number of anilines is 1. The molecule has 0 bridgehead atoms. The molecule has 0 heterocycles. The highest BCUT2D eigenvalue weighted by Crippen LogP contribution is 2.34. The Morgan fingerprint density at radius 3 is 2.58 bits per heavy atom. The van der Waals surface area contributed by atoms with Crippen LogP contribution in [-0.4, -0.2) is 19.6 Å². The molecular weight excluding hydrogens is 420 g/mol. The van der Waals surface area contributed by atoms with Crippen LogP contribution in [0.25, 0.3) is 6.08 Å². The Balaban J connectivity index is 2.31. The molecule has 0 saturated carbocycles. The molecule has 0 spiro atoms. The first kappa shape index (κ1) is 19.8. The lowest BCUT2D eigenvalue weighted by Crippen LogP contribution is -2.13. The number of nitriles is 1. The second-order valence-corrected chi connectivity index (χ2v) is 6.41. The van der Waals surface area contributed by atoms with E-state index in [2.05, 4.69) is 21.2 Å². The number of carbonyl (C=O) groups excluding carboxylic acids is 1. The van der Waals surface area contributed by atoms with E-state index in [4.69, 9.17) is 21.1 Å². The molecule has 0 saturated heterocycles. The number of benzene rings is 2. The lowest BCUT2D eigenvalue weighted by atomic mass is 10.1. The third-order valence-electron chi connectivity index (χ3n) is 3.35. The molecule has 2 aromatic rings. The summed E-state index contributed by atoms with van der Waals surface area (Å²) in [6, 6.07) is 12.1. The maximum absolute atomic E-state index is 12.4. The van der Waals surface area contributed by atoms with E-state index in [0.717, 1.165) is 4.47 Å². The van der Waals surface area contributed by atoms with Crippen LogP contribution in [0.1, 0.15) is 12.5 Å². The highest BCUT2D eigenvalue weighted by molar-refractivity contribution is 9.10. The van der Waals surface area contributed by atoms with Gasteiger partial charge in [0.15, 0.2) is 11.5 Å². The molecule has 5 nitrogen and oxygen atoms in total. The number of carbonyl (C=O) groups is 1. The second-order valence-electron chi connectivity index (χ2n) is 5.09. The van der Waals surface area contributed by atoms with Crippen molar-refractivity contribution in [3.63, 3.8) is 0 Å². The fraction of sp³-hybridized carbons (Fsp3) is 0.158. The Bertz CT molecular complexity index is 874. The van der Waals surface area contributed by atoms with Gasteiger partial charge in [0.1, 0.15) is 11.6 Å². The quantitative estimate of drug-likeness (QED) is 0.509. The third kappa shape index (κ3) is 5.01. The zero-order valence-corrected chi connectivity index (χ0v) is 16.5. The minimum atomic E-state index is -0.529. The van der Waals surface area contributed by atoms with E-state index >= 15 is 0 Å². The molecule has 1 N–H and O–H groups in total. The summed E-state index contributed by atoms with van der Waals surface area (Å²) in [4.78, 5) is 12.4. The minimum Gasteiger partial charge on any atom is -0.493 e. The third-order valence-corrected chi connectivity index (χ3v) is 4.21. The number of halogens is 2. The van der Waals surface area contributed by atoms with Crippen LogP contribution in [0.3, 0.4) is 0 Å². The lowest BCUT2D eigenvalue weighted by molar-refractivity contribution is -0.112. The Labute approximate surface area is 165 Å². The number of nitrogens with zero attached hydrogens (tertiary/aromatic N) is 1. The molecule has 0 fully saturated rings. The Morgan fingerprint density at radius 2 is 2.00 bits per heavy atom. The Kier molecular flexibility index (Phi) is 7.07. The molecule has 0 aromatic heterocycles. The van der Waals surface area contributed by atoms with Gasteiger partial charge in [-0.2, -0.15) is 5.26 Å². The van der Waals surface area contributed by atoms with E-state index in [-0.39, 0.29) is 5.57 Å². The number of ether oxygens (including phenoxy) is 2. The number of nitrogens with one attached hydrogen (secondary N) is 1. The topological polar surface area (TPSA) is 71.3 Å². The summed E-state index contributed by atoms with van der Waals surface area (Å²) in [7, 11) is 1.50. The van der Waals surface area contributed by atoms with E-state index in [1.165, 1.54) is 13.2 Å². The number of methoxy groups -OCH3 is 1. The molecular formula is C19H16BrClN2O3. The fourth-order valence-corrected chi connectivity index (χ4v) is 2.60. The van der Waals surface area contributed by atoms with Gasteiger partial charge in [0.25, 0.3) is 5.91 Å². The van der Waals surface area contributed by atoms with E-state index < -0.39 is 5.91 Å². The highest BCUT2D eigenvalue weighted by atomic mass is 79.9. The summed E-state index contributed by atoms with van der Waals surface area (Å²) in [5.74, 6) is 0.432. The van der Waals surface area contributed by atoms with E-state index in [1.807, 2.05) is 13.0 Å². The fourth-order valence-electron chi connectivity index (χ4n) is 2.13. The molecule has 1 amide bonds. The summed E-state index contributed by atoms with van der Waals surface area (Å²) in [5, 5.41) is 12.4. The zero-order chi connectivity index (χ0) is 19.1. The van der Waals surface area contributed by atoms with Crippen molar-refractivity contribution in [3.8, 4) is 17.6 Å². The normalized spacial score (nSPS) is 10.8. The smallest absolute Gasteiger partial charge is 0.266 e. The summed E-state index contributed by atoms with van der Waals surface area (Å²) in [6.45, 7) is 2.31. The van der Waals surface area contributed by atoms with Crippen LogP contribution >= 0.6 is 27.5 Å². The molecule has 134 valence electrons. The maximum atomic E-state index is 12.4. The molecule has 2 rings (SSSR count). The van der Waals surface area contributed by atoms with Gasteiger partial charge < -0.3 is 14.8 Å². The van der Waals surface area contributed by atoms with Crippen molar-refractivity contribution in [2.45, 2.75) is 6.92 Å². The van der Waals surface area contributed by atoms with Crippen LogP contribution in [0.15, 0.2) is 46.4 Å². The zero-order valence-electron chi connectivity index (χ0n) is 14.2. The van der Waals surface area contributed by atoms with Gasteiger partial charge in [0.2, 0.25) is 0 Å². The monoisotopic (exact) mass is 434 g/mol. The van der Waals surface area contributed by atoms with Gasteiger partial charge >= 0.3 is 0 Å². The van der Waals surface area contributed by atoms with Crippen LogP contribution < -0.4 is 14.8 Å². The minimum absolute atomic E-state index is 0.0824. The van der Waals surface area contributed by atoms with Crippen LogP contribution in [0.2, 0.25) is 5.02 Å². The van der Waals surface area contributed by atoms with Crippen molar-refractivity contribution < 1.29 is 14.3 Å². The first-order valence-electron chi connectivity index (χ1n) is 7.67. The lowest BCUT2D eigenvalue weighted by Gasteiger charge is -2.11. The van der Waals surface area contributed by atoms with Gasteiger partial charge in [-0.15, -0.1) is 0 Å². The van der Waals surface area contributed by atoms with Crippen LogP contribution in [0, 0.1) is 11.3 Å². The maximum Gasteiger partial charge on any atom is 0.266 e. The highest BCUT2D eigenvalue weighted by Gasteiger charge is 2.14. The van der Waals surface area contributed by atoms with Crippen LogP contribution in [0.5, 0.6) is 11.5 Å². The number of hydrogen-bond donors (Lipinski definition) is 1. The molecule has 0 radical (unpaired) electrons. The summed E-state index contributed by atoms with van der Waals surface area (Å²) < 4.78 is 11.6. The van der Waals surface area contributed by atoms with E-state index in [0.29, 0.717) is 34.4 Å². The Hall–Kier alpha value is -2.49. The molecule has 0 atom stereocenters. The molecule has 0 aliphatic carbocycles. The average molecular weight is 436 g/mol. The van der Waals surface area contributed by atoms with Gasteiger partial charge in [-0.1, -0.05) is 27.5 Å². The van der Waals surface area contributed by atoms with Crippen molar-refractivity contribution in [3.05, 3.63) is 57.0 Å². The second kappa shape index (κ2) is 9.27. The summed E-state index contributed by atoms with van der Waals surface area (Å²) in [6.07, 6.45) is 1.41. The van der Waals surface area contributed by atoms with Crippen molar-refractivity contribution in [1.82, 2.24) is 0 Å². The van der Waals surface area contributed by atoms with Gasteiger partial charge in [-0.05, 0) is 48.9 Å². The van der Waals surface area contributed by atoms with Gasteiger partial charge in [-0.3, -0.25) is 4.79 Å². The van der Waals surface area contributed by atoms with Crippen LogP contribution in [-0.2, 0) is 4.79 Å². The van der Waals surface area contributed by atoms with E-state index in [1.54, 1.807) is 36.4 Å². The van der Waals surface area contributed by atoms with Gasteiger partial charge in [-0.25, -0.2) is 0 Å². The first-order valence-corrected chi connectivity index (χ1v) is 8.84. The van der Waals surface area contributed by atoms with E-state index in [9.17, 15) is 10.1 Å². The van der Waals surface area contributed by atoms with Crippen molar-refractivity contribution in [2.75, 3.05) is 19.0 Å². The summed E-state index contributed by atoms with van der Waals surface area (Å²) in [5.41, 5.74) is 0.977. The molecule has 0 unspecified atom stereocenters. The predicted octanol–water partition coefficient (Wildman–Crippen LogP) is 5.06. The average Bonchev–Trinajstić information content (AvgIpc) is 2.63. The largest absolute Gasteiger partial charge is 0.493 e. The number of rotatable bonds is 6. The molecule has 7 heteroatoms. The SMILES string of the molecule is CCOc1cc(Cl)c(/C=C(\C#N)C(=O)Nc2ccc(Br)cc2)cc1OC. The first-order chi connectivity index (χ1) is 12.5. The van der Waals surface area contributed by atoms with Crippen molar-refractivity contribution >= 4 is 45.2 Å². The Morgan fingerprint density at radius 1 is 1.31 bits per heavy atom. The number of amides is 1. The molecule has 26 heavy (non-hydrogen) atoms. The number of hydrogen-bond acceptors (Lipinski definition) is 4. The molecule has 2 aromatic carbocycles. The van der Waals surface area contributed by atoms with Gasteiger partial charge in [0.05, 0.1) is 18.7 Å². The molecule has 0 aliphatic heterocycles. The predicted molar refractivity (Wildman–Crippen MR) is 106 cm³/mol. The van der Waals surface area contributed by atoms with Gasteiger partial charge in [0, 0.05) is 16.2 Å². The van der Waals surface area contributed by atoms with Crippen molar-refractivity contribution in [1.29, 1.82) is 5.26 Å². The molecule has 0 aliphatic rings.